The van der Waals surface area contributed by atoms with Gasteiger partial charge in [0.2, 0.25) is 0 Å². The molecule has 0 unspecified atom stereocenters. The fourth-order valence-corrected chi connectivity index (χ4v) is 4.88. The molecule has 2 aromatic carbocycles. The topological polar surface area (TPSA) is 0 Å². The second kappa shape index (κ2) is 8.80. The normalized spacial score (nSPS) is 17.7. The van der Waals surface area contributed by atoms with Crippen LogP contribution in [0.2, 0.25) is 0 Å². The van der Waals surface area contributed by atoms with Gasteiger partial charge in [-0.3, -0.25) is 0 Å². The van der Waals surface area contributed by atoms with E-state index in [1.807, 2.05) is 0 Å². The zero-order valence-corrected chi connectivity index (χ0v) is 21.0. The van der Waals surface area contributed by atoms with Crippen molar-refractivity contribution in [1.29, 1.82) is 0 Å². The van der Waals surface area contributed by atoms with Gasteiger partial charge in [-0.2, -0.15) is 0 Å². The second-order valence-corrected chi connectivity index (χ2v) is 8.87. The van der Waals surface area contributed by atoms with Crippen LogP contribution in [0.5, 0.6) is 0 Å². The van der Waals surface area contributed by atoms with Crippen LogP contribution in [0.25, 0.3) is 23.3 Å². The third kappa shape index (κ3) is 4.01. The molecule has 0 saturated heterocycles. The van der Waals surface area contributed by atoms with Gasteiger partial charge in [0.25, 0.3) is 0 Å². The molecule has 2 aliphatic carbocycles. The van der Waals surface area contributed by atoms with Crippen molar-refractivity contribution in [3.63, 3.8) is 0 Å². The molecule has 0 atom stereocenters. The maximum Gasteiger partial charge on any atom is 0.0719 e. The summed E-state index contributed by atoms with van der Waals surface area (Å²) >= 11 is 0. The van der Waals surface area contributed by atoms with Gasteiger partial charge in [-0.1, -0.05) is 73.5 Å². The first kappa shape index (κ1) is 21.7. The average Bonchev–Trinajstić information content (AvgIpc) is 3.09. The van der Waals surface area contributed by atoms with Crippen LogP contribution in [-0.4, -0.2) is 10.2 Å². The minimum Gasteiger partial charge on any atom is -0.145 e. The number of hydrogen-bond donors (Lipinski definition) is 0. The van der Waals surface area contributed by atoms with E-state index in [2.05, 4.69) is 74.4 Å². The van der Waals surface area contributed by atoms with Crippen LogP contribution in [0, 0.1) is 33.6 Å². The van der Waals surface area contributed by atoms with E-state index in [4.69, 9.17) is 0 Å². The van der Waals surface area contributed by atoms with Crippen molar-refractivity contribution in [2.24, 2.45) is 5.92 Å². The van der Waals surface area contributed by atoms with E-state index >= 15 is 0 Å². The van der Waals surface area contributed by atoms with Crippen LogP contribution in [-0.2, 0) is 26.2 Å². The predicted molar refractivity (Wildman–Crippen MR) is 118 cm³/mol. The van der Waals surface area contributed by atoms with E-state index in [-0.39, 0.29) is 26.2 Å². The molecular weight excluding hydrogens is 432 g/mol. The SMILES string of the molecule is Cc1cc(-c2ccc(C)c3c2=CC(=CC2CCCCC2)[C-]=3)c(C)c(C)c1[Si].[Zr]. The van der Waals surface area contributed by atoms with Crippen molar-refractivity contribution >= 4 is 27.6 Å². The zero-order chi connectivity index (χ0) is 19.1. The molecule has 2 aromatic rings. The number of rotatable bonds is 2. The largest absolute Gasteiger partial charge is 0.145 e. The Morgan fingerprint density at radius 1 is 0.929 bits per heavy atom. The molecular formula is C26H28SiZr-. The molecule has 0 aromatic heterocycles. The summed E-state index contributed by atoms with van der Waals surface area (Å²) in [6.45, 7) is 8.83. The Labute approximate surface area is 192 Å². The number of allylic oxidation sites excluding steroid dienone is 2. The van der Waals surface area contributed by atoms with Gasteiger partial charge in [0, 0.05) is 26.2 Å². The van der Waals surface area contributed by atoms with Crippen LogP contribution in [0.3, 0.4) is 0 Å². The van der Waals surface area contributed by atoms with Gasteiger partial charge in [-0.15, -0.1) is 39.8 Å². The minimum atomic E-state index is 0. The molecule has 0 aliphatic heterocycles. The van der Waals surface area contributed by atoms with Gasteiger partial charge < -0.3 is 0 Å². The third-order valence-electron chi connectivity index (χ3n) is 6.47. The fraction of sp³-hybridized carbons (Fsp3) is 0.385. The van der Waals surface area contributed by atoms with Crippen molar-refractivity contribution in [1.82, 2.24) is 0 Å². The van der Waals surface area contributed by atoms with Gasteiger partial charge in [-0.05, 0) is 43.4 Å². The summed E-state index contributed by atoms with van der Waals surface area (Å²) < 4.78 is 0. The van der Waals surface area contributed by atoms with Crippen molar-refractivity contribution in [3.8, 4) is 11.1 Å². The molecule has 0 amide bonds. The quantitative estimate of drug-likeness (QED) is 0.463. The molecule has 0 nitrogen and oxygen atoms in total. The minimum absolute atomic E-state index is 0. The number of benzene rings is 2. The summed E-state index contributed by atoms with van der Waals surface area (Å²) in [7, 11) is 3.80. The Balaban J connectivity index is 0.00000225. The Morgan fingerprint density at radius 3 is 2.36 bits per heavy atom. The average molecular weight is 460 g/mol. The zero-order valence-electron chi connectivity index (χ0n) is 17.5. The first-order chi connectivity index (χ1) is 13.0. The smallest absolute Gasteiger partial charge is 0.0719 e. The van der Waals surface area contributed by atoms with Crippen LogP contribution in [0.4, 0.5) is 0 Å². The summed E-state index contributed by atoms with van der Waals surface area (Å²) in [5, 5.41) is 3.85. The van der Waals surface area contributed by atoms with Crippen molar-refractivity contribution in [2.45, 2.75) is 59.8 Å². The third-order valence-corrected chi connectivity index (χ3v) is 7.24. The Morgan fingerprint density at radius 2 is 1.64 bits per heavy atom. The summed E-state index contributed by atoms with van der Waals surface area (Å²) in [5.74, 6) is 0.731. The molecule has 28 heavy (non-hydrogen) atoms. The maximum absolute atomic E-state index is 3.80. The van der Waals surface area contributed by atoms with Gasteiger partial charge in [-0.25, -0.2) is 0 Å². The van der Waals surface area contributed by atoms with Gasteiger partial charge in [0.15, 0.2) is 0 Å². The first-order valence-electron chi connectivity index (χ1n) is 10.3. The van der Waals surface area contributed by atoms with Crippen LogP contribution in [0.1, 0.15) is 54.4 Å². The molecule has 0 spiro atoms. The van der Waals surface area contributed by atoms with E-state index in [0.29, 0.717) is 0 Å². The first-order valence-corrected chi connectivity index (χ1v) is 10.8. The Hall–Kier alpha value is -0.980. The summed E-state index contributed by atoms with van der Waals surface area (Å²) in [4.78, 5) is 0. The van der Waals surface area contributed by atoms with Gasteiger partial charge in [0.05, 0.1) is 10.2 Å². The van der Waals surface area contributed by atoms with E-state index in [0.717, 1.165) is 5.92 Å². The number of hydrogen-bond acceptors (Lipinski definition) is 0. The number of aryl methyl sites for hydroxylation is 2. The second-order valence-electron chi connectivity index (χ2n) is 8.37. The number of fused-ring (bicyclic) bond motifs is 1. The molecule has 1 saturated carbocycles. The molecule has 141 valence electrons. The van der Waals surface area contributed by atoms with E-state index in [9.17, 15) is 0 Å². The molecule has 1 fully saturated rings. The Kier molecular flexibility index (Phi) is 6.83. The van der Waals surface area contributed by atoms with Crippen LogP contribution in [0.15, 0.2) is 29.8 Å². The molecule has 0 heterocycles. The summed E-state index contributed by atoms with van der Waals surface area (Å²) in [6.07, 6.45) is 15.4. The molecule has 3 radical (unpaired) electrons. The van der Waals surface area contributed by atoms with Gasteiger partial charge in [0.1, 0.15) is 0 Å². The van der Waals surface area contributed by atoms with Gasteiger partial charge >= 0.3 is 0 Å². The van der Waals surface area contributed by atoms with Crippen molar-refractivity contribution < 1.29 is 26.2 Å². The molecule has 2 aliphatic rings. The molecule has 2 heteroatoms. The van der Waals surface area contributed by atoms with E-state index in [1.54, 1.807) is 0 Å². The maximum atomic E-state index is 3.80. The van der Waals surface area contributed by atoms with Crippen molar-refractivity contribution in [2.75, 3.05) is 0 Å². The van der Waals surface area contributed by atoms with E-state index < -0.39 is 0 Å². The van der Waals surface area contributed by atoms with Crippen molar-refractivity contribution in [3.05, 3.63) is 62.5 Å². The monoisotopic (exact) mass is 458 g/mol. The standard InChI is InChI=1S/C26H28Si.Zr/c1-16-10-11-22(24-12-17(2)26(27)19(4)18(24)3)25-15-21(14-23(16)25)13-20-8-6-5-7-9-20;/h10-13,15,20H,5-9H2,1-4H3;/q-1;. The molecule has 0 N–H and O–H groups in total. The summed E-state index contributed by atoms with van der Waals surface area (Å²) in [6, 6.07) is 6.88. The van der Waals surface area contributed by atoms with Crippen LogP contribution < -0.4 is 15.6 Å². The Bertz CT molecular complexity index is 1050. The van der Waals surface area contributed by atoms with E-state index in [1.165, 1.54) is 86.7 Å². The summed E-state index contributed by atoms with van der Waals surface area (Å²) in [5.41, 5.74) is 9.28. The fourth-order valence-electron chi connectivity index (χ4n) is 4.62. The predicted octanol–water partition coefficient (Wildman–Crippen LogP) is 4.34. The molecule has 4 rings (SSSR count). The molecule has 0 bridgehead atoms. The van der Waals surface area contributed by atoms with Crippen LogP contribution >= 0.6 is 0 Å².